The molecule has 3 aromatic rings. The Hall–Kier alpha value is -4.05. The molecule has 1 atom stereocenters. The number of carboxylic acid groups (broad SMARTS) is 1. The summed E-state index contributed by atoms with van der Waals surface area (Å²) < 4.78 is 7.30. The van der Waals surface area contributed by atoms with Crippen molar-refractivity contribution in [2.45, 2.75) is 12.8 Å². The SMILES string of the molecule is Cc1nn(-c2cccc(C(=O)O)c2)c2c1C(c1ccccc1)C(C#N)=C(N)O2. The van der Waals surface area contributed by atoms with Crippen molar-refractivity contribution in [1.29, 1.82) is 5.26 Å². The molecule has 1 aromatic heterocycles. The summed E-state index contributed by atoms with van der Waals surface area (Å²) in [7, 11) is 0. The molecular weight excluding hydrogens is 356 g/mol. The minimum atomic E-state index is -1.03. The van der Waals surface area contributed by atoms with Crippen LogP contribution in [-0.2, 0) is 0 Å². The van der Waals surface area contributed by atoms with Crippen molar-refractivity contribution in [3.8, 4) is 17.6 Å². The van der Waals surface area contributed by atoms with Gasteiger partial charge in [-0.1, -0.05) is 36.4 Å². The van der Waals surface area contributed by atoms with Crippen molar-refractivity contribution in [1.82, 2.24) is 9.78 Å². The molecule has 0 spiro atoms. The molecule has 1 unspecified atom stereocenters. The van der Waals surface area contributed by atoms with Crippen molar-refractivity contribution in [2.24, 2.45) is 5.73 Å². The van der Waals surface area contributed by atoms with Crippen LogP contribution in [0.25, 0.3) is 5.69 Å². The molecule has 0 bridgehead atoms. The van der Waals surface area contributed by atoms with Gasteiger partial charge in [-0.2, -0.15) is 10.4 Å². The van der Waals surface area contributed by atoms with Gasteiger partial charge in [-0.05, 0) is 30.7 Å². The van der Waals surface area contributed by atoms with E-state index >= 15 is 0 Å². The maximum absolute atomic E-state index is 11.3. The number of benzene rings is 2. The van der Waals surface area contributed by atoms with Gasteiger partial charge in [0.2, 0.25) is 11.8 Å². The van der Waals surface area contributed by atoms with E-state index in [9.17, 15) is 15.2 Å². The van der Waals surface area contributed by atoms with E-state index in [0.29, 0.717) is 22.8 Å². The molecule has 7 nitrogen and oxygen atoms in total. The molecule has 0 aliphatic carbocycles. The molecule has 3 N–H and O–H groups in total. The maximum Gasteiger partial charge on any atom is 0.335 e. The summed E-state index contributed by atoms with van der Waals surface area (Å²) in [5, 5.41) is 23.5. The van der Waals surface area contributed by atoms with Crippen LogP contribution in [-0.4, -0.2) is 20.9 Å². The first-order valence-electron chi connectivity index (χ1n) is 8.57. The standard InChI is InChI=1S/C21H16N4O3/c1-12-17-18(13-6-3-2-4-7-13)16(11-22)19(23)28-20(17)25(24-12)15-9-5-8-14(10-15)21(26)27/h2-10,18H,23H2,1H3,(H,26,27). The number of ether oxygens (including phenoxy) is 1. The lowest BCUT2D eigenvalue weighted by atomic mass is 9.84. The van der Waals surface area contributed by atoms with Crippen LogP contribution in [0.15, 0.2) is 66.1 Å². The molecule has 0 fully saturated rings. The molecule has 2 heterocycles. The quantitative estimate of drug-likeness (QED) is 0.730. The minimum Gasteiger partial charge on any atom is -0.478 e. The lowest BCUT2D eigenvalue weighted by Crippen LogP contribution is -2.22. The Balaban J connectivity index is 1.94. The lowest BCUT2D eigenvalue weighted by molar-refractivity contribution is 0.0697. The average molecular weight is 372 g/mol. The van der Waals surface area contributed by atoms with Crippen LogP contribution in [0.1, 0.15) is 33.1 Å². The fourth-order valence-corrected chi connectivity index (χ4v) is 3.44. The third-order valence-corrected chi connectivity index (χ3v) is 4.70. The van der Waals surface area contributed by atoms with Crippen LogP contribution in [0.5, 0.6) is 5.88 Å². The van der Waals surface area contributed by atoms with Crippen LogP contribution in [0, 0.1) is 18.3 Å². The number of fused-ring (bicyclic) bond motifs is 1. The third kappa shape index (κ3) is 2.68. The molecule has 0 saturated carbocycles. The summed E-state index contributed by atoms with van der Waals surface area (Å²) in [6.07, 6.45) is 0. The number of aromatic nitrogens is 2. The lowest BCUT2D eigenvalue weighted by Gasteiger charge is -2.24. The second-order valence-corrected chi connectivity index (χ2v) is 6.41. The van der Waals surface area contributed by atoms with Crippen molar-refractivity contribution in [2.75, 3.05) is 0 Å². The van der Waals surface area contributed by atoms with Crippen molar-refractivity contribution < 1.29 is 14.6 Å². The molecule has 4 rings (SSSR count). The summed E-state index contributed by atoms with van der Waals surface area (Å²) in [5.41, 5.74) is 9.35. The molecule has 0 amide bonds. The number of rotatable bonds is 3. The van der Waals surface area contributed by atoms with E-state index in [1.807, 2.05) is 37.3 Å². The van der Waals surface area contributed by atoms with E-state index < -0.39 is 11.9 Å². The normalized spacial score (nSPS) is 15.5. The number of allylic oxidation sites excluding steroid dienone is 1. The largest absolute Gasteiger partial charge is 0.478 e. The molecule has 138 valence electrons. The fraction of sp³-hybridized carbons (Fsp3) is 0.0952. The van der Waals surface area contributed by atoms with Gasteiger partial charge >= 0.3 is 5.97 Å². The number of nitrogens with zero attached hydrogens (tertiary/aromatic N) is 3. The van der Waals surface area contributed by atoms with Crippen LogP contribution in [0.3, 0.4) is 0 Å². The molecule has 0 saturated heterocycles. The number of hydrogen-bond donors (Lipinski definition) is 2. The van der Waals surface area contributed by atoms with Gasteiger partial charge in [0.25, 0.3) is 0 Å². The summed E-state index contributed by atoms with van der Waals surface area (Å²) >= 11 is 0. The summed E-state index contributed by atoms with van der Waals surface area (Å²) in [6, 6.07) is 18.1. The van der Waals surface area contributed by atoms with E-state index in [0.717, 1.165) is 11.1 Å². The number of carboxylic acids is 1. The Morgan fingerprint density at radius 3 is 2.68 bits per heavy atom. The first-order valence-corrected chi connectivity index (χ1v) is 8.57. The van der Waals surface area contributed by atoms with Crippen LogP contribution >= 0.6 is 0 Å². The maximum atomic E-state index is 11.3. The molecule has 28 heavy (non-hydrogen) atoms. The Kier molecular flexibility index (Phi) is 4.09. The minimum absolute atomic E-state index is 0.0133. The topological polar surface area (TPSA) is 114 Å². The average Bonchev–Trinajstić information content (AvgIpc) is 3.03. The zero-order valence-corrected chi connectivity index (χ0v) is 15.0. The van der Waals surface area contributed by atoms with E-state index in [1.165, 1.54) is 16.8 Å². The van der Waals surface area contributed by atoms with E-state index in [4.69, 9.17) is 10.5 Å². The molecule has 7 heteroatoms. The Bertz CT molecular complexity index is 1160. The van der Waals surface area contributed by atoms with Crippen molar-refractivity contribution in [3.63, 3.8) is 0 Å². The highest BCUT2D eigenvalue weighted by Gasteiger charge is 2.36. The Morgan fingerprint density at radius 1 is 1.25 bits per heavy atom. The van der Waals surface area contributed by atoms with E-state index in [-0.39, 0.29) is 11.4 Å². The van der Waals surface area contributed by atoms with Crippen molar-refractivity contribution in [3.05, 3.63) is 88.4 Å². The van der Waals surface area contributed by atoms with Crippen LogP contribution in [0.4, 0.5) is 0 Å². The highest BCUT2D eigenvalue weighted by atomic mass is 16.5. The smallest absolute Gasteiger partial charge is 0.335 e. The number of aryl methyl sites for hydroxylation is 1. The Labute approximate surface area is 160 Å². The first kappa shape index (κ1) is 17.4. The van der Waals surface area contributed by atoms with Crippen LogP contribution in [0.2, 0.25) is 0 Å². The predicted molar refractivity (Wildman–Crippen MR) is 101 cm³/mol. The van der Waals surface area contributed by atoms with Gasteiger partial charge in [0, 0.05) is 0 Å². The fourth-order valence-electron chi connectivity index (χ4n) is 3.44. The van der Waals surface area contributed by atoms with Crippen LogP contribution < -0.4 is 10.5 Å². The summed E-state index contributed by atoms with van der Waals surface area (Å²) in [5.74, 6) is -1.05. The molecule has 0 radical (unpaired) electrons. The third-order valence-electron chi connectivity index (χ3n) is 4.70. The van der Waals surface area contributed by atoms with E-state index in [2.05, 4.69) is 11.2 Å². The molecule has 1 aliphatic rings. The second-order valence-electron chi connectivity index (χ2n) is 6.41. The van der Waals surface area contributed by atoms with Gasteiger partial charge in [-0.15, -0.1) is 0 Å². The number of carbonyl (C=O) groups is 1. The summed E-state index contributed by atoms with van der Waals surface area (Å²) in [6.45, 7) is 1.83. The molecular formula is C21H16N4O3. The number of aromatic carboxylic acids is 1. The van der Waals surface area contributed by atoms with Crippen molar-refractivity contribution >= 4 is 5.97 Å². The van der Waals surface area contributed by atoms with Gasteiger partial charge in [0.05, 0.1) is 28.4 Å². The zero-order valence-electron chi connectivity index (χ0n) is 15.0. The number of nitriles is 1. The van der Waals surface area contributed by atoms with Gasteiger partial charge in [0.1, 0.15) is 11.6 Å². The van der Waals surface area contributed by atoms with Gasteiger partial charge in [0.15, 0.2) is 0 Å². The highest BCUT2D eigenvalue weighted by Crippen LogP contribution is 2.44. The van der Waals surface area contributed by atoms with Gasteiger partial charge in [-0.3, -0.25) is 0 Å². The van der Waals surface area contributed by atoms with Gasteiger partial charge in [-0.25, -0.2) is 9.48 Å². The zero-order chi connectivity index (χ0) is 19.8. The second kappa shape index (κ2) is 6.59. The first-order chi connectivity index (χ1) is 13.5. The molecule has 2 aromatic carbocycles. The number of hydrogen-bond acceptors (Lipinski definition) is 5. The highest BCUT2D eigenvalue weighted by molar-refractivity contribution is 5.88. The molecule has 1 aliphatic heterocycles. The predicted octanol–water partition coefficient (Wildman–Crippen LogP) is 3.10. The summed E-state index contributed by atoms with van der Waals surface area (Å²) in [4.78, 5) is 11.3. The Morgan fingerprint density at radius 2 is 2.00 bits per heavy atom. The monoisotopic (exact) mass is 372 g/mol. The van der Waals surface area contributed by atoms with E-state index in [1.54, 1.807) is 12.1 Å². The number of nitrogens with two attached hydrogens (primary N) is 1. The van der Waals surface area contributed by atoms with Gasteiger partial charge < -0.3 is 15.6 Å².